The van der Waals surface area contributed by atoms with Gasteiger partial charge in [0.05, 0.1) is 0 Å². The van der Waals surface area contributed by atoms with Crippen molar-refractivity contribution >= 4 is 17.9 Å². The predicted octanol–water partition coefficient (Wildman–Crippen LogP) is 2.89. The number of ether oxygens (including phenoxy) is 1. The van der Waals surface area contributed by atoms with Crippen LogP contribution in [-0.2, 0) is 4.74 Å². The summed E-state index contributed by atoms with van der Waals surface area (Å²) in [5.41, 5.74) is -0.195. The first-order valence-electron chi connectivity index (χ1n) is 6.25. The summed E-state index contributed by atoms with van der Waals surface area (Å²) in [5, 5.41) is 0. The maximum Gasteiger partial charge on any atom is 0.410 e. The Balaban J connectivity index is 1.85. The molecule has 0 bridgehead atoms. The van der Waals surface area contributed by atoms with Crippen molar-refractivity contribution in [3.8, 4) is 0 Å². The summed E-state index contributed by atoms with van der Waals surface area (Å²) in [5.74, 6) is 2.09. The average Bonchev–Trinajstić information content (AvgIpc) is 2.30. The monoisotopic (exact) mass is 243 g/mol. The number of hydrogen-bond acceptors (Lipinski definition) is 3. The molecule has 1 heterocycles. The molecule has 0 aromatic rings. The van der Waals surface area contributed by atoms with Gasteiger partial charge in [0.2, 0.25) is 0 Å². The van der Waals surface area contributed by atoms with Gasteiger partial charge in [-0.15, -0.1) is 0 Å². The molecule has 1 aliphatic carbocycles. The highest BCUT2D eigenvalue weighted by Gasteiger charge is 2.32. The Kier molecular flexibility index (Phi) is 4.00. The lowest BCUT2D eigenvalue weighted by Crippen LogP contribution is -2.43. The number of hydrogen-bond donors (Lipinski definition) is 0. The maximum atomic E-state index is 12.0. The van der Waals surface area contributed by atoms with Crippen LogP contribution in [0.15, 0.2) is 0 Å². The fourth-order valence-corrected chi connectivity index (χ4v) is 3.33. The third-order valence-electron chi connectivity index (χ3n) is 3.51. The third kappa shape index (κ3) is 3.06. The summed E-state index contributed by atoms with van der Waals surface area (Å²) in [6, 6.07) is 0. The van der Waals surface area contributed by atoms with Crippen LogP contribution in [0.1, 0.15) is 39.0 Å². The average molecular weight is 243 g/mol. The van der Waals surface area contributed by atoms with E-state index < -0.39 is 0 Å². The number of carbonyl (C=O) groups is 1. The molecular formula is C12H21NO2S. The van der Waals surface area contributed by atoms with Gasteiger partial charge in [-0.1, -0.05) is 6.42 Å². The van der Waals surface area contributed by atoms with Gasteiger partial charge in [0, 0.05) is 24.6 Å². The van der Waals surface area contributed by atoms with Gasteiger partial charge in [-0.3, -0.25) is 0 Å². The molecule has 0 unspecified atom stereocenters. The van der Waals surface area contributed by atoms with Crippen LogP contribution in [0.4, 0.5) is 4.79 Å². The van der Waals surface area contributed by atoms with E-state index in [2.05, 4.69) is 6.92 Å². The Morgan fingerprint density at radius 3 is 2.44 bits per heavy atom. The van der Waals surface area contributed by atoms with Gasteiger partial charge >= 0.3 is 6.09 Å². The molecule has 92 valence electrons. The summed E-state index contributed by atoms with van der Waals surface area (Å²) in [4.78, 5) is 13.8. The second-order valence-electron chi connectivity index (χ2n) is 4.98. The SMILES string of the molecule is CC1(OC(=O)N2CCSCC2)CCCCC1. The van der Waals surface area contributed by atoms with Crippen LogP contribution >= 0.6 is 11.8 Å². The molecule has 2 rings (SSSR count). The second kappa shape index (κ2) is 5.30. The van der Waals surface area contributed by atoms with Crippen LogP contribution in [0.25, 0.3) is 0 Å². The van der Waals surface area contributed by atoms with Crippen molar-refractivity contribution in [3.05, 3.63) is 0 Å². The first-order valence-corrected chi connectivity index (χ1v) is 7.41. The Hall–Kier alpha value is -0.380. The van der Waals surface area contributed by atoms with Crippen molar-refractivity contribution in [2.45, 2.75) is 44.6 Å². The first kappa shape index (κ1) is 12.1. The van der Waals surface area contributed by atoms with E-state index in [1.807, 2.05) is 16.7 Å². The van der Waals surface area contributed by atoms with E-state index in [0.29, 0.717) is 0 Å². The molecule has 0 aromatic heterocycles. The van der Waals surface area contributed by atoms with Crippen LogP contribution in [0, 0.1) is 0 Å². The van der Waals surface area contributed by atoms with Gasteiger partial charge in [0.1, 0.15) is 5.60 Å². The van der Waals surface area contributed by atoms with Crippen LogP contribution in [-0.4, -0.2) is 41.2 Å². The molecule has 0 N–H and O–H groups in total. The zero-order valence-corrected chi connectivity index (χ0v) is 10.9. The molecule has 1 aliphatic heterocycles. The van der Waals surface area contributed by atoms with Crippen molar-refractivity contribution in [2.75, 3.05) is 24.6 Å². The van der Waals surface area contributed by atoms with Crippen molar-refractivity contribution < 1.29 is 9.53 Å². The van der Waals surface area contributed by atoms with Crippen LogP contribution in [0.3, 0.4) is 0 Å². The lowest BCUT2D eigenvalue weighted by molar-refractivity contribution is -0.0196. The van der Waals surface area contributed by atoms with Gasteiger partial charge < -0.3 is 9.64 Å². The quantitative estimate of drug-likeness (QED) is 0.709. The van der Waals surface area contributed by atoms with Gasteiger partial charge in [-0.05, 0) is 32.6 Å². The normalized spacial score (nSPS) is 25.2. The third-order valence-corrected chi connectivity index (χ3v) is 4.46. The minimum Gasteiger partial charge on any atom is -0.443 e. The van der Waals surface area contributed by atoms with Crippen molar-refractivity contribution in [1.29, 1.82) is 0 Å². The van der Waals surface area contributed by atoms with E-state index in [0.717, 1.165) is 37.4 Å². The Labute approximate surface area is 102 Å². The summed E-state index contributed by atoms with van der Waals surface area (Å²) < 4.78 is 5.70. The van der Waals surface area contributed by atoms with Gasteiger partial charge in [-0.25, -0.2) is 4.79 Å². The summed E-state index contributed by atoms with van der Waals surface area (Å²) in [7, 11) is 0. The number of thioether (sulfide) groups is 1. The molecular weight excluding hydrogens is 222 g/mol. The van der Waals surface area contributed by atoms with Crippen molar-refractivity contribution in [1.82, 2.24) is 4.90 Å². The maximum absolute atomic E-state index is 12.0. The Bertz CT molecular complexity index is 245. The van der Waals surface area contributed by atoms with Crippen LogP contribution in [0.5, 0.6) is 0 Å². The molecule has 4 heteroatoms. The first-order chi connectivity index (χ1) is 7.70. The number of nitrogens with zero attached hydrogens (tertiary/aromatic N) is 1. The van der Waals surface area contributed by atoms with Crippen LogP contribution in [0.2, 0.25) is 0 Å². The lowest BCUT2D eigenvalue weighted by atomic mass is 9.86. The molecule has 1 amide bonds. The molecule has 2 aliphatic rings. The van der Waals surface area contributed by atoms with E-state index in [1.54, 1.807) is 0 Å². The summed E-state index contributed by atoms with van der Waals surface area (Å²) in [6.45, 7) is 3.78. The van der Waals surface area contributed by atoms with E-state index >= 15 is 0 Å². The van der Waals surface area contributed by atoms with E-state index in [4.69, 9.17) is 4.74 Å². The molecule has 0 radical (unpaired) electrons. The zero-order chi connectivity index (χ0) is 11.4. The fourth-order valence-electron chi connectivity index (χ4n) is 2.42. The van der Waals surface area contributed by atoms with Gasteiger partial charge in [0.15, 0.2) is 0 Å². The van der Waals surface area contributed by atoms with Crippen LogP contribution < -0.4 is 0 Å². The Morgan fingerprint density at radius 2 is 1.81 bits per heavy atom. The highest BCUT2D eigenvalue weighted by atomic mass is 32.2. The number of carbonyl (C=O) groups excluding carboxylic acids is 1. The molecule has 1 saturated heterocycles. The lowest BCUT2D eigenvalue weighted by Gasteiger charge is -2.36. The molecule has 0 atom stereocenters. The minimum absolute atomic E-state index is 0.0929. The molecule has 0 spiro atoms. The van der Waals surface area contributed by atoms with E-state index in [1.165, 1.54) is 19.3 Å². The topological polar surface area (TPSA) is 29.5 Å². The molecule has 2 fully saturated rings. The smallest absolute Gasteiger partial charge is 0.410 e. The van der Waals surface area contributed by atoms with Crippen molar-refractivity contribution in [3.63, 3.8) is 0 Å². The van der Waals surface area contributed by atoms with Gasteiger partial charge in [0.25, 0.3) is 0 Å². The van der Waals surface area contributed by atoms with E-state index in [-0.39, 0.29) is 11.7 Å². The number of rotatable bonds is 1. The Morgan fingerprint density at radius 1 is 1.19 bits per heavy atom. The highest BCUT2D eigenvalue weighted by Crippen LogP contribution is 2.31. The van der Waals surface area contributed by atoms with E-state index in [9.17, 15) is 4.79 Å². The molecule has 1 saturated carbocycles. The van der Waals surface area contributed by atoms with Crippen molar-refractivity contribution in [2.24, 2.45) is 0 Å². The standard InChI is InChI=1S/C12H21NO2S/c1-12(5-3-2-4-6-12)15-11(14)13-7-9-16-10-8-13/h2-10H2,1H3. The fraction of sp³-hybridized carbons (Fsp3) is 0.917. The summed E-state index contributed by atoms with van der Waals surface area (Å²) in [6.07, 6.45) is 5.64. The molecule has 0 aromatic carbocycles. The minimum atomic E-state index is -0.195. The molecule has 3 nitrogen and oxygen atoms in total. The zero-order valence-electron chi connectivity index (χ0n) is 10.0. The predicted molar refractivity (Wildman–Crippen MR) is 66.9 cm³/mol. The molecule has 16 heavy (non-hydrogen) atoms. The second-order valence-corrected chi connectivity index (χ2v) is 6.20. The summed E-state index contributed by atoms with van der Waals surface area (Å²) >= 11 is 1.91. The largest absolute Gasteiger partial charge is 0.443 e. The number of amides is 1. The van der Waals surface area contributed by atoms with Gasteiger partial charge in [-0.2, -0.15) is 11.8 Å². The highest BCUT2D eigenvalue weighted by molar-refractivity contribution is 7.99.